The fraction of sp³-hybridized carbons (Fsp3) is 0.435. The molecule has 0 amide bonds. The molecule has 4 rings (SSSR count). The number of fused-ring (bicyclic) bond motifs is 2. The molecule has 0 radical (unpaired) electrons. The van der Waals surface area contributed by atoms with Gasteiger partial charge in [0.2, 0.25) is 5.56 Å². The number of nitrogens with one attached hydrogen (secondary N) is 2. The number of pyridine rings is 1. The largest absolute Gasteiger partial charge is 0.507 e. The summed E-state index contributed by atoms with van der Waals surface area (Å²) in [6.07, 6.45) is -2.81. The van der Waals surface area contributed by atoms with Crippen LogP contribution in [-0.4, -0.2) is 27.0 Å². The average molecular weight is 452 g/mol. The first kappa shape index (κ1) is 22.4. The SMILES string of the molecule is CC[C@@H]1C[C@](O)(C(F)(F)F)C(NC2=CCCc3[nH]c(=O)ccc32)c2cc(F)c(C)c(O)c21. The van der Waals surface area contributed by atoms with E-state index in [-0.39, 0.29) is 34.4 Å². The average Bonchev–Trinajstić information content (AvgIpc) is 2.72. The van der Waals surface area contributed by atoms with Gasteiger partial charge in [-0.15, -0.1) is 0 Å². The van der Waals surface area contributed by atoms with E-state index in [1.165, 1.54) is 19.1 Å². The van der Waals surface area contributed by atoms with Gasteiger partial charge in [-0.05, 0) is 56.2 Å². The fourth-order valence-electron chi connectivity index (χ4n) is 4.85. The molecular weight excluding hydrogens is 428 g/mol. The zero-order chi connectivity index (χ0) is 23.4. The van der Waals surface area contributed by atoms with Crippen LogP contribution in [0, 0.1) is 12.7 Å². The molecule has 2 aliphatic carbocycles. The number of phenolic OH excluding ortho intramolecular Hbond substituents is 1. The molecule has 0 saturated heterocycles. The third kappa shape index (κ3) is 3.39. The van der Waals surface area contributed by atoms with Crippen molar-refractivity contribution >= 4 is 5.70 Å². The number of alkyl halides is 3. The van der Waals surface area contributed by atoms with Crippen LogP contribution in [-0.2, 0) is 6.42 Å². The summed E-state index contributed by atoms with van der Waals surface area (Å²) in [4.78, 5) is 14.3. The molecule has 1 aromatic heterocycles. The molecule has 172 valence electrons. The highest BCUT2D eigenvalue weighted by Crippen LogP contribution is 2.55. The molecule has 0 aliphatic heterocycles. The van der Waals surface area contributed by atoms with Crippen LogP contribution in [0.3, 0.4) is 0 Å². The second kappa shape index (κ2) is 7.65. The highest BCUT2D eigenvalue weighted by molar-refractivity contribution is 5.68. The lowest BCUT2D eigenvalue weighted by Crippen LogP contribution is -2.57. The lowest BCUT2D eigenvalue weighted by Gasteiger charge is -2.46. The van der Waals surface area contributed by atoms with Gasteiger partial charge >= 0.3 is 6.18 Å². The van der Waals surface area contributed by atoms with Gasteiger partial charge in [0.25, 0.3) is 0 Å². The Morgan fingerprint density at radius 3 is 2.69 bits per heavy atom. The van der Waals surface area contributed by atoms with E-state index >= 15 is 0 Å². The number of hydrogen-bond donors (Lipinski definition) is 4. The van der Waals surface area contributed by atoms with Crippen molar-refractivity contribution in [2.75, 3.05) is 0 Å². The molecular formula is C23H24F4N2O3. The van der Waals surface area contributed by atoms with Crippen LogP contribution < -0.4 is 10.9 Å². The van der Waals surface area contributed by atoms with Crippen molar-refractivity contribution in [3.8, 4) is 5.75 Å². The zero-order valence-corrected chi connectivity index (χ0v) is 17.6. The molecule has 1 aromatic carbocycles. The van der Waals surface area contributed by atoms with Crippen molar-refractivity contribution in [1.82, 2.24) is 10.3 Å². The number of aromatic nitrogens is 1. The minimum atomic E-state index is -5.02. The molecule has 9 heteroatoms. The first-order valence-electron chi connectivity index (χ1n) is 10.5. The molecule has 1 heterocycles. The summed E-state index contributed by atoms with van der Waals surface area (Å²) in [6, 6.07) is 1.99. The quantitative estimate of drug-likeness (QED) is 0.522. The van der Waals surface area contributed by atoms with E-state index < -0.39 is 36.0 Å². The summed E-state index contributed by atoms with van der Waals surface area (Å²) in [5, 5.41) is 24.4. The molecule has 3 atom stereocenters. The van der Waals surface area contributed by atoms with E-state index in [9.17, 15) is 32.6 Å². The Hall–Kier alpha value is -2.81. The maximum atomic E-state index is 14.6. The molecule has 4 N–H and O–H groups in total. The summed E-state index contributed by atoms with van der Waals surface area (Å²) in [5.74, 6) is -2.04. The second-order valence-electron chi connectivity index (χ2n) is 8.51. The lowest BCUT2D eigenvalue weighted by atomic mass is 9.68. The van der Waals surface area contributed by atoms with Gasteiger partial charge in [-0.25, -0.2) is 4.39 Å². The van der Waals surface area contributed by atoms with Gasteiger partial charge in [0.1, 0.15) is 11.6 Å². The van der Waals surface area contributed by atoms with Crippen molar-refractivity contribution in [1.29, 1.82) is 0 Å². The van der Waals surface area contributed by atoms with E-state index in [2.05, 4.69) is 10.3 Å². The van der Waals surface area contributed by atoms with E-state index in [4.69, 9.17) is 0 Å². The van der Waals surface area contributed by atoms with Gasteiger partial charge in [0.15, 0.2) is 5.60 Å². The number of benzene rings is 1. The normalized spacial score (nSPS) is 25.0. The first-order chi connectivity index (χ1) is 15.0. The van der Waals surface area contributed by atoms with E-state index in [1.807, 2.05) is 0 Å². The van der Waals surface area contributed by atoms with Gasteiger partial charge < -0.3 is 20.5 Å². The molecule has 0 bridgehead atoms. The number of rotatable bonds is 3. The van der Waals surface area contributed by atoms with Crippen LogP contribution in [0.25, 0.3) is 5.70 Å². The van der Waals surface area contributed by atoms with Crippen molar-refractivity contribution in [3.05, 3.63) is 68.4 Å². The zero-order valence-electron chi connectivity index (χ0n) is 17.6. The number of aliphatic hydroxyl groups is 1. The Labute approximate surface area is 181 Å². The van der Waals surface area contributed by atoms with E-state index in [0.29, 0.717) is 29.8 Å². The summed E-state index contributed by atoms with van der Waals surface area (Å²) >= 11 is 0. The van der Waals surface area contributed by atoms with Gasteiger partial charge in [-0.2, -0.15) is 13.2 Å². The summed E-state index contributed by atoms with van der Waals surface area (Å²) < 4.78 is 57.3. The van der Waals surface area contributed by atoms with Crippen molar-refractivity contribution < 1.29 is 27.8 Å². The Balaban J connectivity index is 1.91. The monoisotopic (exact) mass is 452 g/mol. The molecule has 0 saturated carbocycles. The molecule has 2 aliphatic rings. The highest BCUT2D eigenvalue weighted by atomic mass is 19.4. The smallest absolute Gasteiger partial charge is 0.419 e. The van der Waals surface area contributed by atoms with Gasteiger partial charge in [0, 0.05) is 34.1 Å². The molecule has 0 fully saturated rings. The van der Waals surface area contributed by atoms with Crippen LogP contribution >= 0.6 is 0 Å². The number of hydrogen-bond acceptors (Lipinski definition) is 4. The first-order valence-corrected chi connectivity index (χ1v) is 10.5. The van der Waals surface area contributed by atoms with Gasteiger partial charge in [-0.1, -0.05) is 13.0 Å². The highest BCUT2D eigenvalue weighted by Gasteiger charge is 2.62. The Bertz CT molecular complexity index is 1160. The number of aromatic amines is 1. The number of halogens is 4. The maximum Gasteiger partial charge on any atom is 0.419 e. The number of allylic oxidation sites excluding steroid dienone is 1. The van der Waals surface area contributed by atoms with Crippen LogP contribution in [0.1, 0.15) is 66.1 Å². The molecule has 32 heavy (non-hydrogen) atoms. The Kier molecular flexibility index (Phi) is 5.35. The second-order valence-corrected chi connectivity index (χ2v) is 8.51. The van der Waals surface area contributed by atoms with Gasteiger partial charge in [-0.3, -0.25) is 4.79 Å². The predicted octanol–water partition coefficient (Wildman–Crippen LogP) is 4.34. The standard InChI is InChI=1S/C23H24F4N2O3/c1-3-12-10-22(32,23(25,26)27)21(14-9-15(24)11(2)20(31)19(12)14)29-17-6-4-5-16-13(17)7-8-18(30)28-16/h6-9,12,21,29,31-32H,3-5,10H2,1-2H3,(H,28,30)/t12-,21?,22-/m1/s1. The molecule has 1 unspecified atom stereocenters. The van der Waals surface area contributed by atoms with Crippen LogP contribution in [0.15, 0.2) is 29.1 Å². The summed E-state index contributed by atoms with van der Waals surface area (Å²) in [6.45, 7) is 3.02. The number of aromatic hydroxyl groups is 1. The van der Waals surface area contributed by atoms with Crippen molar-refractivity contribution in [3.63, 3.8) is 0 Å². The van der Waals surface area contributed by atoms with Crippen molar-refractivity contribution in [2.45, 2.75) is 63.3 Å². The lowest BCUT2D eigenvalue weighted by molar-refractivity contribution is -0.277. The third-order valence-electron chi connectivity index (χ3n) is 6.63. The van der Waals surface area contributed by atoms with Crippen molar-refractivity contribution in [2.24, 2.45) is 0 Å². The third-order valence-corrected chi connectivity index (χ3v) is 6.63. The maximum absolute atomic E-state index is 14.6. The summed E-state index contributed by atoms with van der Waals surface area (Å²) in [7, 11) is 0. The van der Waals surface area contributed by atoms with E-state index in [1.54, 1.807) is 13.0 Å². The van der Waals surface area contributed by atoms with Gasteiger partial charge in [0.05, 0.1) is 6.04 Å². The van der Waals surface area contributed by atoms with Crippen LogP contribution in [0.4, 0.5) is 17.6 Å². The van der Waals surface area contributed by atoms with Crippen LogP contribution in [0.2, 0.25) is 0 Å². The minimum absolute atomic E-state index is 0.0433. The van der Waals surface area contributed by atoms with Crippen LogP contribution in [0.5, 0.6) is 5.75 Å². The minimum Gasteiger partial charge on any atom is -0.507 e. The Morgan fingerprint density at radius 1 is 1.31 bits per heavy atom. The topological polar surface area (TPSA) is 85.4 Å². The Morgan fingerprint density at radius 2 is 2.03 bits per heavy atom. The summed E-state index contributed by atoms with van der Waals surface area (Å²) in [5.41, 5.74) is -2.09. The molecule has 0 spiro atoms. The molecule has 2 aromatic rings. The molecule has 5 nitrogen and oxygen atoms in total. The number of aryl methyl sites for hydroxylation is 1. The predicted molar refractivity (Wildman–Crippen MR) is 111 cm³/mol. The van der Waals surface area contributed by atoms with E-state index in [0.717, 1.165) is 6.07 Å². The number of phenols is 1. The number of H-pyrrole nitrogens is 1. The fourth-order valence-corrected chi connectivity index (χ4v) is 4.85.